The summed E-state index contributed by atoms with van der Waals surface area (Å²) >= 11 is 0. The number of pyridine rings is 1. The Hall–Kier alpha value is -1.50. The quantitative estimate of drug-likeness (QED) is 0.859. The smallest absolute Gasteiger partial charge is 0.241 e. The van der Waals surface area contributed by atoms with Gasteiger partial charge in [0.05, 0.1) is 4.90 Å². The van der Waals surface area contributed by atoms with Gasteiger partial charge in [-0.1, -0.05) is 13.8 Å². The average molecular weight is 359 g/mol. The Morgan fingerprint density at radius 3 is 2.68 bits per heavy atom. The molecule has 1 aromatic carbocycles. The minimum absolute atomic E-state index is 0.0357. The molecule has 5 nitrogen and oxygen atoms in total. The van der Waals surface area contributed by atoms with E-state index in [1.54, 1.807) is 0 Å². The van der Waals surface area contributed by atoms with Gasteiger partial charge in [-0.25, -0.2) is 13.1 Å². The van der Waals surface area contributed by atoms with Crippen molar-refractivity contribution in [3.8, 4) is 0 Å². The molecule has 4 rings (SSSR count). The molecule has 134 valence electrons. The van der Waals surface area contributed by atoms with Gasteiger partial charge in [0, 0.05) is 41.2 Å². The average Bonchev–Trinajstić information content (AvgIpc) is 3.35. The summed E-state index contributed by atoms with van der Waals surface area (Å²) in [5, 5.41) is 1.67. The number of nitrogens with one attached hydrogen (secondary N) is 1. The molecule has 1 unspecified atom stereocenters. The molecule has 2 aliphatic carbocycles. The third kappa shape index (κ3) is 3.07. The van der Waals surface area contributed by atoms with Crippen LogP contribution in [-0.2, 0) is 16.4 Å². The maximum absolute atomic E-state index is 13.0. The predicted octanol–water partition coefficient (Wildman–Crippen LogP) is 2.99. The van der Waals surface area contributed by atoms with Gasteiger partial charge < -0.3 is 5.73 Å². The van der Waals surface area contributed by atoms with Crippen LogP contribution in [-0.4, -0.2) is 19.9 Å². The molecule has 0 radical (unpaired) electrons. The summed E-state index contributed by atoms with van der Waals surface area (Å²) in [6.07, 6.45) is 5.79. The topological polar surface area (TPSA) is 85.1 Å². The molecule has 1 atom stereocenters. The highest BCUT2D eigenvalue weighted by Crippen LogP contribution is 2.43. The van der Waals surface area contributed by atoms with Gasteiger partial charge in [-0.15, -0.1) is 0 Å². The van der Waals surface area contributed by atoms with Gasteiger partial charge >= 0.3 is 0 Å². The van der Waals surface area contributed by atoms with Crippen LogP contribution in [0.25, 0.3) is 10.8 Å². The molecule has 1 saturated carbocycles. The Morgan fingerprint density at radius 1 is 1.24 bits per heavy atom. The summed E-state index contributed by atoms with van der Waals surface area (Å²) in [5.74, 6) is 0.734. The van der Waals surface area contributed by atoms with Crippen LogP contribution in [0.2, 0.25) is 0 Å². The lowest BCUT2D eigenvalue weighted by Gasteiger charge is -2.16. The third-order valence-corrected chi connectivity index (χ3v) is 6.66. The van der Waals surface area contributed by atoms with Gasteiger partial charge in [-0.05, 0) is 54.9 Å². The minimum Gasteiger partial charge on any atom is -0.324 e. The van der Waals surface area contributed by atoms with E-state index in [0.717, 1.165) is 53.3 Å². The first-order valence-corrected chi connectivity index (χ1v) is 10.6. The largest absolute Gasteiger partial charge is 0.324 e. The number of aromatic nitrogens is 1. The Morgan fingerprint density at radius 2 is 2.00 bits per heavy atom. The highest BCUT2D eigenvalue weighted by Gasteiger charge is 2.30. The molecular formula is C19H25N3O2S. The second-order valence-corrected chi connectivity index (χ2v) is 9.50. The SMILES string of the molecule is CC(C)CNS(=O)(=O)c1cc2c(c3cnc(C4CC4)cc13)C(N)CC2. The van der Waals surface area contributed by atoms with Gasteiger partial charge in [0.25, 0.3) is 0 Å². The normalized spacial score (nSPS) is 20.4. The number of aryl methyl sites for hydroxylation is 1. The number of benzene rings is 1. The predicted molar refractivity (Wildman–Crippen MR) is 99.0 cm³/mol. The van der Waals surface area contributed by atoms with Crippen molar-refractivity contribution in [2.24, 2.45) is 11.7 Å². The lowest BCUT2D eigenvalue weighted by Crippen LogP contribution is -2.28. The first-order chi connectivity index (χ1) is 11.9. The van der Waals surface area contributed by atoms with Crippen molar-refractivity contribution < 1.29 is 8.42 Å². The van der Waals surface area contributed by atoms with Crippen LogP contribution in [0, 0.1) is 5.92 Å². The van der Waals surface area contributed by atoms with Crippen molar-refractivity contribution in [3.63, 3.8) is 0 Å². The Labute approximate surface area is 149 Å². The second-order valence-electron chi connectivity index (χ2n) is 7.77. The number of hydrogen-bond acceptors (Lipinski definition) is 4. The van der Waals surface area contributed by atoms with E-state index < -0.39 is 10.0 Å². The Kier molecular flexibility index (Phi) is 4.09. The zero-order valence-corrected chi connectivity index (χ0v) is 15.6. The number of rotatable bonds is 5. The fourth-order valence-corrected chi connectivity index (χ4v) is 5.12. The molecule has 25 heavy (non-hydrogen) atoms. The first kappa shape index (κ1) is 16.9. The molecule has 2 aromatic rings. The monoisotopic (exact) mass is 359 g/mol. The van der Waals surface area contributed by atoms with E-state index in [-0.39, 0.29) is 12.0 Å². The van der Waals surface area contributed by atoms with Crippen molar-refractivity contribution >= 4 is 20.8 Å². The molecule has 2 aliphatic rings. The fourth-order valence-electron chi connectivity index (χ4n) is 3.66. The van der Waals surface area contributed by atoms with Crippen LogP contribution in [0.5, 0.6) is 0 Å². The molecule has 1 fully saturated rings. The number of sulfonamides is 1. The molecule has 0 saturated heterocycles. The van der Waals surface area contributed by atoms with Crippen molar-refractivity contribution in [2.45, 2.75) is 56.4 Å². The number of fused-ring (bicyclic) bond motifs is 3. The summed E-state index contributed by atoms with van der Waals surface area (Å²) in [7, 11) is -3.56. The minimum atomic E-state index is -3.56. The third-order valence-electron chi connectivity index (χ3n) is 5.19. The van der Waals surface area contributed by atoms with E-state index in [1.165, 1.54) is 0 Å². The van der Waals surface area contributed by atoms with Gasteiger partial charge in [0.1, 0.15) is 0 Å². The lowest BCUT2D eigenvalue weighted by molar-refractivity contribution is 0.561. The summed E-state index contributed by atoms with van der Waals surface area (Å²) in [5.41, 5.74) is 9.41. The summed E-state index contributed by atoms with van der Waals surface area (Å²) in [6.45, 7) is 4.43. The molecule has 1 heterocycles. The molecule has 0 bridgehead atoms. The number of nitrogens with two attached hydrogens (primary N) is 1. The highest BCUT2D eigenvalue weighted by molar-refractivity contribution is 7.89. The van der Waals surface area contributed by atoms with Crippen molar-refractivity contribution in [3.05, 3.63) is 35.2 Å². The van der Waals surface area contributed by atoms with Crippen LogP contribution in [0.4, 0.5) is 0 Å². The van der Waals surface area contributed by atoms with E-state index in [4.69, 9.17) is 5.73 Å². The van der Waals surface area contributed by atoms with E-state index in [0.29, 0.717) is 17.4 Å². The number of nitrogens with zero attached hydrogens (tertiary/aromatic N) is 1. The summed E-state index contributed by atoms with van der Waals surface area (Å²) < 4.78 is 28.7. The van der Waals surface area contributed by atoms with Crippen molar-refractivity contribution in [1.29, 1.82) is 0 Å². The van der Waals surface area contributed by atoms with Crippen LogP contribution >= 0.6 is 0 Å². The maximum Gasteiger partial charge on any atom is 0.241 e. The Balaban J connectivity index is 1.92. The first-order valence-electron chi connectivity index (χ1n) is 9.07. The van der Waals surface area contributed by atoms with Gasteiger partial charge in [-0.3, -0.25) is 4.98 Å². The van der Waals surface area contributed by atoms with E-state index in [2.05, 4.69) is 9.71 Å². The van der Waals surface area contributed by atoms with Crippen molar-refractivity contribution in [1.82, 2.24) is 9.71 Å². The molecule has 1 aromatic heterocycles. The molecule has 3 N–H and O–H groups in total. The van der Waals surface area contributed by atoms with E-state index in [9.17, 15) is 8.42 Å². The lowest BCUT2D eigenvalue weighted by atomic mass is 9.99. The van der Waals surface area contributed by atoms with Crippen LogP contribution in [0.1, 0.15) is 61.9 Å². The van der Waals surface area contributed by atoms with Crippen LogP contribution in [0.3, 0.4) is 0 Å². The second kappa shape index (κ2) is 6.04. The molecule has 6 heteroatoms. The van der Waals surface area contributed by atoms with Gasteiger partial charge in [0.15, 0.2) is 0 Å². The standard InChI is InChI=1S/C19H25N3O2S/c1-11(2)9-22-25(23,24)18-7-13-5-6-16(20)19(13)15-10-21-17(8-14(15)18)12-3-4-12/h7-8,10-12,16,22H,3-6,9,20H2,1-2H3. The van der Waals surface area contributed by atoms with E-state index >= 15 is 0 Å². The van der Waals surface area contributed by atoms with E-state index in [1.807, 2.05) is 32.2 Å². The summed E-state index contributed by atoms with van der Waals surface area (Å²) in [6, 6.07) is 3.78. The van der Waals surface area contributed by atoms with Crippen molar-refractivity contribution in [2.75, 3.05) is 6.54 Å². The summed E-state index contributed by atoms with van der Waals surface area (Å²) in [4.78, 5) is 4.98. The zero-order chi connectivity index (χ0) is 17.8. The molecule has 0 amide bonds. The highest BCUT2D eigenvalue weighted by atomic mass is 32.2. The molecule has 0 spiro atoms. The zero-order valence-electron chi connectivity index (χ0n) is 14.7. The van der Waals surface area contributed by atoms with Crippen LogP contribution < -0.4 is 10.5 Å². The fraction of sp³-hybridized carbons (Fsp3) is 0.526. The van der Waals surface area contributed by atoms with Gasteiger partial charge in [-0.2, -0.15) is 0 Å². The molecular weight excluding hydrogens is 334 g/mol. The maximum atomic E-state index is 13.0. The number of hydrogen-bond donors (Lipinski definition) is 2. The molecule has 0 aliphatic heterocycles. The Bertz CT molecular complexity index is 933. The van der Waals surface area contributed by atoms with Gasteiger partial charge in [0.2, 0.25) is 10.0 Å². The van der Waals surface area contributed by atoms with Crippen LogP contribution in [0.15, 0.2) is 23.2 Å².